The number of hydrogen-bond acceptors (Lipinski definition) is 3. The molecule has 1 aliphatic rings. The van der Waals surface area contributed by atoms with Gasteiger partial charge in [0.1, 0.15) is 9.84 Å². The lowest BCUT2D eigenvalue weighted by atomic mass is 9.89. The van der Waals surface area contributed by atoms with Crippen molar-refractivity contribution in [3.05, 3.63) is 35.4 Å². The van der Waals surface area contributed by atoms with E-state index in [0.29, 0.717) is 11.7 Å². The SMILES string of the molecule is CCS(=O)(=O)CCC1CCCc2ccccc2C1NC. The third-order valence-corrected chi connectivity index (χ3v) is 6.17. The monoisotopic (exact) mass is 295 g/mol. The molecule has 112 valence electrons. The highest BCUT2D eigenvalue weighted by Gasteiger charge is 2.27. The van der Waals surface area contributed by atoms with Gasteiger partial charge in [0.2, 0.25) is 0 Å². The molecule has 1 aromatic carbocycles. The molecule has 0 aliphatic heterocycles. The van der Waals surface area contributed by atoms with Gasteiger partial charge in [-0.15, -0.1) is 0 Å². The molecule has 0 heterocycles. The van der Waals surface area contributed by atoms with Crippen molar-refractivity contribution in [2.24, 2.45) is 5.92 Å². The van der Waals surface area contributed by atoms with Crippen molar-refractivity contribution >= 4 is 9.84 Å². The Balaban J connectivity index is 2.17. The van der Waals surface area contributed by atoms with Crippen LogP contribution in [0.1, 0.15) is 43.4 Å². The molecule has 2 atom stereocenters. The van der Waals surface area contributed by atoms with Crippen LogP contribution < -0.4 is 5.32 Å². The third-order valence-electron chi connectivity index (χ3n) is 4.43. The van der Waals surface area contributed by atoms with Crippen LogP contribution in [0.3, 0.4) is 0 Å². The Kier molecular flexibility index (Phi) is 5.22. The molecule has 2 rings (SSSR count). The summed E-state index contributed by atoms with van der Waals surface area (Å²) >= 11 is 0. The number of hydrogen-bond donors (Lipinski definition) is 1. The molecule has 4 heteroatoms. The summed E-state index contributed by atoms with van der Waals surface area (Å²) in [6.07, 6.45) is 4.10. The zero-order chi connectivity index (χ0) is 14.6. The van der Waals surface area contributed by atoms with Crippen molar-refractivity contribution in [2.75, 3.05) is 18.6 Å². The Morgan fingerprint density at radius 2 is 2.05 bits per heavy atom. The van der Waals surface area contributed by atoms with Crippen molar-refractivity contribution in [2.45, 2.75) is 38.6 Å². The smallest absolute Gasteiger partial charge is 0.150 e. The first-order valence-corrected chi connectivity index (χ1v) is 9.35. The number of benzene rings is 1. The van der Waals surface area contributed by atoms with Gasteiger partial charge >= 0.3 is 0 Å². The summed E-state index contributed by atoms with van der Waals surface area (Å²) in [6, 6.07) is 8.83. The normalized spacial score (nSPS) is 23.1. The standard InChI is InChI=1S/C16H25NO2S/c1-3-20(18,19)12-11-14-9-6-8-13-7-4-5-10-15(13)16(14)17-2/h4-5,7,10,14,16-17H,3,6,8-9,11-12H2,1-2H3. The second-order valence-electron chi connectivity index (χ2n) is 5.64. The van der Waals surface area contributed by atoms with Gasteiger partial charge in [-0.1, -0.05) is 31.2 Å². The number of nitrogens with one attached hydrogen (secondary N) is 1. The van der Waals surface area contributed by atoms with Gasteiger partial charge < -0.3 is 5.32 Å². The van der Waals surface area contributed by atoms with E-state index < -0.39 is 9.84 Å². The lowest BCUT2D eigenvalue weighted by Crippen LogP contribution is -2.27. The summed E-state index contributed by atoms with van der Waals surface area (Å²) in [5.41, 5.74) is 2.76. The minimum atomic E-state index is -2.87. The second-order valence-corrected chi connectivity index (χ2v) is 8.12. The highest BCUT2D eigenvalue weighted by atomic mass is 32.2. The lowest BCUT2D eigenvalue weighted by Gasteiger charge is -2.26. The van der Waals surface area contributed by atoms with Crippen LogP contribution in [-0.4, -0.2) is 27.0 Å². The number of aryl methyl sites for hydroxylation is 1. The van der Waals surface area contributed by atoms with Gasteiger partial charge in [0.15, 0.2) is 0 Å². The maximum absolute atomic E-state index is 11.7. The Labute approximate surface area is 122 Å². The lowest BCUT2D eigenvalue weighted by molar-refractivity contribution is 0.351. The van der Waals surface area contributed by atoms with Crippen LogP contribution >= 0.6 is 0 Å². The first kappa shape index (κ1) is 15.5. The number of rotatable bonds is 5. The van der Waals surface area contributed by atoms with Crippen molar-refractivity contribution in [1.29, 1.82) is 0 Å². The molecule has 0 radical (unpaired) electrons. The molecule has 1 aromatic rings. The van der Waals surface area contributed by atoms with E-state index in [9.17, 15) is 8.42 Å². The van der Waals surface area contributed by atoms with Gasteiger partial charge in [0.05, 0.1) is 5.75 Å². The zero-order valence-electron chi connectivity index (χ0n) is 12.4. The summed E-state index contributed by atoms with van der Waals surface area (Å²) in [5.74, 6) is 0.972. The fourth-order valence-electron chi connectivity index (χ4n) is 3.22. The quantitative estimate of drug-likeness (QED) is 0.850. The van der Waals surface area contributed by atoms with E-state index in [4.69, 9.17) is 0 Å². The van der Waals surface area contributed by atoms with Gasteiger partial charge in [0.25, 0.3) is 0 Å². The molecule has 2 unspecified atom stereocenters. The van der Waals surface area contributed by atoms with Gasteiger partial charge in [-0.3, -0.25) is 0 Å². The summed E-state index contributed by atoms with van der Waals surface area (Å²) in [6.45, 7) is 1.73. The van der Waals surface area contributed by atoms with Crippen LogP contribution in [0.15, 0.2) is 24.3 Å². The Hall–Kier alpha value is -0.870. The summed E-state index contributed by atoms with van der Waals surface area (Å²) in [5, 5.41) is 3.41. The van der Waals surface area contributed by atoms with E-state index in [1.165, 1.54) is 11.1 Å². The molecule has 0 fully saturated rings. The van der Waals surface area contributed by atoms with Crippen LogP contribution in [0, 0.1) is 5.92 Å². The molecule has 20 heavy (non-hydrogen) atoms. The van der Waals surface area contributed by atoms with Crippen LogP contribution in [0.5, 0.6) is 0 Å². The molecule has 0 saturated heterocycles. The molecular weight excluding hydrogens is 270 g/mol. The molecule has 1 N–H and O–H groups in total. The van der Waals surface area contributed by atoms with Crippen molar-refractivity contribution < 1.29 is 8.42 Å². The fraction of sp³-hybridized carbons (Fsp3) is 0.625. The third kappa shape index (κ3) is 3.61. The average Bonchev–Trinajstić information content (AvgIpc) is 2.63. The molecular formula is C16H25NO2S. The van der Waals surface area contributed by atoms with E-state index in [1.807, 2.05) is 7.05 Å². The molecule has 0 amide bonds. The predicted molar refractivity (Wildman–Crippen MR) is 83.6 cm³/mol. The van der Waals surface area contributed by atoms with Crippen molar-refractivity contribution in [3.63, 3.8) is 0 Å². The number of fused-ring (bicyclic) bond motifs is 1. The van der Waals surface area contributed by atoms with Crippen LogP contribution in [-0.2, 0) is 16.3 Å². The van der Waals surface area contributed by atoms with E-state index in [1.54, 1.807) is 6.92 Å². The summed E-state index contributed by atoms with van der Waals surface area (Å²) in [7, 11) is -0.887. The minimum Gasteiger partial charge on any atom is -0.313 e. The largest absolute Gasteiger partial charge is 0.313 e. The summed E-state index contributed by atoms with van der Waals surface area (Å²) in [4.78, 5) is 0. The zero-order valence-corrected chi connectivity index (χ0v) is 13.2. The highest BCUT2D eigenvalue weighted by molar-refractivity contribution is 7.91. The number of sulfone groups is 1. The Bertz CT molecular complexity index is 539. The van der Waals surface area contributed by atoms with Gasteiger partial charge in [-0.05, 0) is 49.8 Å². The summed E-state index contributed by atoms with van der Waals surface area (Å²) < 4.78 is 23.5. The molecule has 0 bridgehead atoms. The van der Waals surface area contributed by atoms with Crippen LogP contribution in [0.4, 0.5) is 0 Å². The topological polar surface area (TPSA) is 46.2 Å². The minimum absolute atomic E-state index is 0.251. The second kappa shape index (κ2) is 6.72. The maximum atomic E-state index is 11.7. The predicted octanol–water partition coefficient (Wildman–Crippen LogP) is 2.72. The average molecular weight is 295 g/mol. The molecule has 0 spiro atoms. The van der Waals surface area contributed by atoms with Crippen LogP contribution in [0.2, 0.25) is 0 Å². The van der Waals surface area contributed by atoms with Crippen molar-refractivity contribution in [3.8, 4) is 0 Å². The molecule has 0 aromatic heterocycles. The Morgan fingerprint density at radius 3 is 2.75 bits per heavy atom. The van der Waals surface area contributed by atoms with E-state index in [-0.39, 0.29) is 11.8 Å². The van der Waals surface area contributed by atoms with E-state index >= 15 is 0 Å². The van der Waals surface area contributed by atoms with Gasteiger partial charge in [0, 0.05) is 11.8 Å². The van der Waals surface area contributed by atoms with Gasteiger partial charge in [-0.25, -0.2) is 8.42 Å². The fourth-order valence-corrected chi connectivity index (χ4v) is 4.17. The molecule has 0 saturated carbocycles. The first-order valence-electron chi connectivity index (χ1n) is 7.53. The van der Waals surface area contributed by atoms with Gasteiger partial charge in [-0.2, -0.15) is 0 Å². The van der Waals surface area contributed by atoms with E-state index in [2.05, 4.69) is 29.6 Å². The van der Waals surface area contributed by atoms with E-state index in [0.717, 1.165) is 25.7 Å². The highest BCUT2D eigenvalue weighted by Crippen LogP contribution is 2.35. The van der Waals surface area contributed by atoms with Crippen molar-refractivity contribution in [1.82, 2.24) is 5.32 Å². The first-order chi connectivity index (χ1) is 9.57. The van der Waals surface area contributed by atoms with Crippen LogP contribution in [0.25, 0.3) is 0 Å². The molecule has 1 aliphatic carbocycles. The molecule has 3 nitrogen and oxygen atoms in total. The maximum Gasteiger partial charge on any atom is 0.150 e. The Morgan fingerprint density at radius 1 is 1.30 bits per heavy atom.